The number of carbonyl (C=O) groups excluding carboxylic acids is 3. The minimum atomic E-state index is -1.10. The van der Waals surface area contributed by atoms with Crippen molar-refractivity contribution in [2.24, 2.45) is 9.98 Å². The summed E-state index contributed by atoms with van der Waals surface area (Å²) in [4.78, 5) is 62.9. The molecule has 4 aromatic rings. The van der Waals surface area contributed by atoms with Gasteiger partial charge in [0.1, 0.15) is 24.2 Å². The van der Waals surface area contributed by atoms with Crippen molar-refractivity contribution in [2.75, 3.05) is 22.9 Å². The first-order valence-corrected chi connectivity index (χ1v) is 32.4. The number of halogens is 9. The third-order valence-electron chi connectivity index (χ3n) is 8.94. The van der Waals surface area contributed by atoms with Crippen molar-refractivity contribution in [1.82, 2.24) is 10.2 Å². The first-order valence-electron chi connectivity index (χ1n) is 16.8. The molecule has 3 aliphatic rings. The predicted molar refractivity (Wildman–Crippen MR) is 251 cm³/mol. The van der Waals surface area contributed by atoms with Gasteiger partial charge in [0.2, 0.25) is 11.9 Å². The van der Waals surface area contributed by atoms with Crippen molar-refractivity contribution in [3.05, 3.63) is 125 Å². The summed E-state index contributed by atoms with van der Waals surface area (Å²) in [5.74, 6) is -1.36. The van der Waals surface area contributed by atoms with E-state index in [1.807, 2.05) is 48.5 Å². The molecule has 2 N–H and O–H groups in total. The second-order valence-electron chi connectivity index (χ2n) is 13.3. The molecule has 7 rings (SSSR count). The Balaban J connectivity index is 0.000000207. The van der Waals surface area contributed by atoms with Crippen molar-refractivity contribution in [3.63, 3.8) is 0 Å². The SMILES string of the molecule is C[C@@]1(Cc2ccc(Br)cc2)C(=O)N(c2cc(Cl)cc(Cl)c2)C2=NCC(=O)N21.C[C@]1(Cc2ccc(Br)cc2)NC(=NCC(=O)O)N(c2cc(Cl)cc(Cl)c2)C1=O.I[I-]I. The maximum absolute atomic E-state index is 13.4. The quantitative estimate of drug-likeness (QED) is 0.179. The van der Waals surface area contributed by atoms with E-state index in [-0.39, 0.29) is 30.2 Å². The second kappa shape index (κ2) is 20.4. The fraction of sp³-hybridized carbons (Fsp3) is 0.211. The van der Waals surface area contributed by atoms with E-state index in [0.717, 1.165) is 20.1 Å². The Labute approximate surface area is 401 Å². The van der Waals surface area contributed by atoms with E-state index in [4.69, 9.17) is 51.5 Å². The molecule has 20 heteroatoms. The van der Waals surface area contributed by atoms with E-state index in [2.05, 4.69) is 84.4 Å². The third kappa shape index (κ3) is 11.2. The van der Waals surface area contributed by atoms with E-state index < -0.39 is 23.6 Å². The first-order chi connectivity index (χ1) is 27.4. The van der Waals surface area contributed by atoms with Crippen LogP contribution in [0.2, 0.25) is 20.1 Å². The Kier molecular flexibility index (Phi) is 16.6. The minimum absolute atomic E-state index is 0.0172. The van der Waals surface area contributed by atoms with E-state index >= 15 is 0 Å². The molecule has 4 aromatic carbocycles. The number of nitrogens with zero attached hydrogens (tertiary/aromatic N) is 5. The molecular formula is C38H30Br2Cl4I3N6O5-. The van der Waals surface area contributed by atoms with Gasteiger partial charge >= 0.3 is 56.5 Å². The van der Waals surface area contributed by atoms with E-state index in [0.29, 0.717) is 63.5 Å². The summed E-state index contributed by atoms with van der Waals surface area (Å²) in [5, 5.41) is 13.6. The number of anilines is 2. The third-order valence-corrected chi connectivity index (χ3v) is 10.9. The van der Waals surface area contributed by atoms with Gasteiger partial charge in [0.05, 0.1) is 11.4 Å². The van der Waals surface area contributed by atoms with Crippen molar-refractivity contribution >= 4 is 162 Å². The summed E-state index contributed by atoms with van der Waals surface area (Å²) in [7, 11) is 0. The number of amides is 3. The number of aliphatic imine (C=N–C) groups is 2. The van der Waals surface area contributed by atoms with Gasteiger partial charge in [0.15, 0.2) is 0 Å². The molecule has 2 saturated heterocycles. The fourth-order valence-electron chi connectivity index (χ4n) is 6.53. The second-order valence-corrected chi connectivity index (χ2v) is 33.1. The van der Waals surface area contributed by atoms with E-state index in [1.165, 1.54) is 14.7 Å². The molecule has 306 valence electrons. The fourth-order valence-corrected chi connectivity index (χ4v) is 8.09. The zero-order valence-corrected chi connectivity index (χ0v) is 42.8. The molecule has 2 fully saturated rings. The average Bonchev–Trinajstić information content (AvgIpc) is 3.72. The van der Waals surface area contributed by atoms with Gasteiger partial charge in [-0.2, -0.15) is 0 Å². The number of hydrogen-bond donors (Lipinski definition) is 2. The van der Waals surface area contributed by atoms with Crippen LogP contribution in [0.5, 0.6) is 0 Å². The predicted octanol–water partition coefficient (Wildman–Crippen LogP) is 7.21. The van der Waals surface area contributed by atoms with E-state index in [9.17, 15) is 19.2 Å². The van der Waals surface area contributed by atoms with Gasteiger partial charge in [0.25, 0.3) is 17.7 Å². The summed E-state index contributed by atoms with van der Waals surface area (Å²) < 4.78 is 1.88. The molecule has 3 aliphatic heterocycles. The summed E-state index contributed by atoms with van der Waals surface area (Å²) in [5.41, 5.74) is 0.706. The van der Waals surface area contributed by atoms with Crippen LogP contribution in [0, 0.1) is 0 Å². The Morgan fingerprint density at radius 2 is 1.24 bits per heavy atom. The topological polar surface area (TPSA) is 135 Å². The maximum atomic E-state index is 13.4. The number of hydrogen-bond acceptors (Lipinski definition) is 6. The molecule has 0 aliphatic carbocycles. The molecule has 0 bridgehead atoms. The van der Waals surface area contributed by atoms with E-state index in [1.54, 1.807) is 50.2 Å². The summed E-state index contributed by atoms with van der Waals surface area (Å²) in [6.45, 7) is 3.06. The molecule has 58 heavy (non-hydrogen) atoms. The Hall–Kier alpha value is -1.79. The molecular weight excluding hydrogens is 1300 g/mol. The number of aliphatic carboxylic acids is 1. The Morgan fingerprint density at radius 1 is 0.793 bits per heavy atom. The Bertz CT molecular complexity index is 2270. The number of carboxylic acids is 1. The molecule has 11 nitrogen and oxygen atoms in total. The van der Waals surface area contributed by atoms with Gasteiger partial charge < -0.3 is 10.4 Å². The van der Waals surface area contributed by atoms with Gasteiger partial charge in [-0.05, 0) is 85.6 Å². The zero-order chi connectivity index (χ0) is 42.5. The van der Waals surface area contributed by atoms with Crippen LogP contribution in [0.25, 0.3) is 0 Å². The van der Waals surface area contributed by atoms with Gasteiger partial charge in [0, 0.05) is 41.9 Å². The number of carbonyl (C=O) groups is 4. The van der Waals surface area contributed by atoms with Crippen molar-refractivity contribution in [1.29, 1.82) is 0 Å². The van der Waals surface area contributed by atoms with Crippen molar-refractivity contribution in [3.8, 4) is 0 Å². The van der Waals surface area contributed by atoms with Crippen LogP contribution in [-0.4, -0.2) is 69.8 Å². The average molecular weight is 1330 g/mol. The number of nitrogens with one attached hydrogen (secondary N) is 1. The van der Waals surface area contributed by atoms with Gasteiger partial charge in [-0.3, -0.25) is 24.1 Å². The number of fused-ring (bicyclic) bond motifs is 1. The molecule has 0 spiro atoms. The summed E-state index contributed by atoms with van der Waals surface area (Å²) in [6, 6.07) is 24.9. The number of guanidine groups is 2. The number of benzene rings is 4. The molecule has 0 aromatic heterocycles. The summed E-state index contributed by atoms with van der Waals surface area (Å²) >= 11 is 36.5. The molecule has 3 amide bonds. The normalized spacial score (nSPS) is 20.4. The van der Waals surface area contributed by atoms with Crippen LogP contribution >= 0.6 is 115 Å². The van der Waals surface area contributed by atoms with Crippen LogP contribution < -0.4 is 28.4 Å². The van der Waals surface area contributed by atoms with Gasteiger partial charge in [-0.15, -0.1) is 0 Å². The molecule has 0 saturated carbocycles. The molecule has 0 radical (unpaired) electrons. The zero-order valence-electron chi connectivity index (χ0n) is 30.1. The summed E-state index contributed by atoms with van der Waals surface area (Å²) in [6.07, 6.45) is 0.755. The van der Waals surface area contributed by atoms with Crippen LogP contribution in [-0.2, 0) is 32.0 Å². The molecule has 0 unspecified atom stereocenters. The van der Waals surface area contributed by atoms with Gasteiger partial charge in [-0.25, -0.2) is 19.8 Å². The van der Waals surface area contributed by atoms with Crippen LogP contribution in [0.15, 0.2) is 104 Å². The number of carboxylic acid groups (broad SMARTS) is 1. The standard InChI is InChI=1S/C19H16BrCl2N3O3.C19H14BrCl2N3O2.I3/c1-19(9-11-2-4-12(20)5-3-11)17(28)25(18(24-19)23-10-16(26)27)15-7-13(21)6-14(22)8-15;1-19(9-11-2-4-12(20)5-3-11)17(27)24(18-23-10-16(26)25(18)19)15-7-13(21)6-14(22)8-15;1-3-2/h2-8H,9-10H2,1H3,(H,23,24)(H,26,27);2-8H,9-10H2,1H3;/q;;-1/t2*19-;/m11./s1. The van der Waals surface area contributed by atoms with Crippen molar-refractivity contribution < 1.29 is 37.5 Å². The van der Waals surface area contributed by atoms with Crippen molar-refractivity contribution in [2.45, 2.75) is 37.8 Å². The van der Waals surface area contributed by atoms with Crippen LogP contribution in [0.4, 0.5) is 11.4 Å². The number of rotatable bonds is 8. The van der Waals surface area contributed by atoms with Gasteiger partial charge in [-0.1, -0.05) is 103 Å². The van der Waals surface area contributed by atoms with Crippen LogP contribution in [0.3, 0.4) is 0 Å². The Morgan fingerprint density at radius 3 is 1.71 bits per heavy atom. The first kappa shape index (κ1) is 47.3. The molecule has 2 atom stereocenters. The van der Waals surface area contributed by atoms with Crippen LogP contribution in [0.1, 0.15) is 25.0 Å². The molecule has 3 heterocycles. The monoisotopic (exact) mass is 1330 g/mol.